The molecule has 22 heavy (non-hydrogen) atoms. The van der Waals surface area contributed by atoms with Crippen LogP contribution in [0.5, 0.6) is 0 Å². The lowest BCUT2D eigenvalue weighted by molar-refractivity contribution is -0.301. The molecule has 0 aromatic rings. The second-order valence-corrected chi connectivity index (χ2v) is 3.72. The van der Waals surface area contributed by atoms with Gasteiger partial charge < -0.3 is 5.32 Å². The van der Waals surface area contributed by atoms with Crippen LogP contribution in [0.2, 0.25) is 0 Å². The van der Waals surface area contributed by atoms with Gasteiger partial charge >= 0.3 is 30.4 Å². The Morgan fingerprint density at radius 2 is 1.09 bits per heavy atom. The van der Waals surface area contributed by atoms with Crippen molar-refractivity contribution in [2.24, 2.45) is 9.98 Å². The third-order valence-electron chi connectivity index (χ3n) is 2.13. The summed E-state index contributed by atoms with van der Waals surface area (Å²) in [6.45, 7) is 0. The Morgan fingerprint density at radius 3 is 1.36 bits per heavy atom. The van der Waals surface area contributed by atoms with Crippen LogP contribution >= 0.6 is 0 Å². The third-order valence-corrected chi connectivity index (χ3v) is 2.13. The van der Waals surface area contributed by atoms with Gasteiger partial charge in [-0.25, -0.2) is 9.98 Å². The minimum atomic E-state index is -6.66. The van der Waals surface area contributed by atoms with Gasteiger partial charge in [0.2, 0.25) is 11.7 Å². The number of nitrogens with zero attached hydrogens (tertiary/aromatic N) is 2. The number of amidine groups is 2. The fraction of sp³-hybridized carbons (Fsp3) is 0.714. The van der Waals surface area contributed by atoms with Gasteiger partial charge in [-0.3, -0.25) is 0 Å². The van der Waals surface area contributed by atoms with Crippen LogP contribution in [0.3, 0.4) is 0 Å². The summed E-state index contributed by atoms with van der Waals surface area (Å²) < 4.78 is 149. The van der Waals surface area contributed by atoms with Crippen molar-refractivity contribution in [3.05, 3.63) is 0 Å². The Morgan fingerprint density at radius 1 is 0.682 bits per heavy atom. The predicted octanol–water partition coefficient (Wildman–Crippen LogP) is 3.33. The highest BCUT2D eigenvalue weighted by Crippen LogP contribution is 2.46. The fourth-order valence-corrected chi connectivity index (χ4v) is 1.21. The SMILES string of the molecule is FC(F)(F)C1=NC(C(F)(F)F)(C(F)(F)F)NC(C(F)(F)F)=N1. The van der Waals surface area contributed by atoms with E-state index in [0.29, 0.717) is 0 Å². The Hall–Kier alpha value is -1.70. The van der Waals surface area contributed by atoms with Crippen molar-refractivity contribution in [2.75, 3.05) is 0 Å². The summed E-state index contributed by atoms with van der Waals surface area (Å²) in [4.78, 5) is 2.99. The van der Waals surface area contributed by atoms with E-state index in [-0.39, 0.29) is 5.32 Å². The molecule has 1 aliphatic heterocycles. The first-order valence-electron chi connectivity index (χ1n) is 4.66. The molecular formula is C7HF12N3. The first-order valence-corrected chi connectivity index (χ1v) is 4.66. The molecular weight excluding hydrogens is 354 g/mol. The lowest BCUT2D eigenvalue weighted by atomic mass is 10.1. The maximum atomic E-state index is 12.5. The van der Waals surface area contributed by atoms with Gasteiger partial charge in [0.05, 0.1) is 0 Å². The highest BCUT2D eigenvalue weighted by atomic mass is 19.4. The van der Waals surface area contributed by atoms with Crippen LogP contribution in [0.15, 0.2) is 9.98 Å². The molecule has 0 spiro atoms. The highest BCUT2D eigenvalue weighted by Gasteiger charge is 2.75. The minimum Gasteiger partial charge on any atom is -0.327 e. The van der Waals surface area contributed by atoms with Crippen LogP contribution < -0.4 is 5.32 Å². The van der Waals surface area contributed by atoms with E-state index >= 15 is 0 Å². The standard InChI is InChI=1S/C7HF12N3/c8-3(9,10)1-20-2(4(11,12)13)22-5(21-1,6(14,15)16)7(17,18)19/h(H,20,21,22). The second kappa shape index (κ2) is 4.65. The summed E-state index contributed by atoms with van der Waals surface area (Å²) >= 11 is 0. The number of hydrogen-bond donors (Lipinski definition) is 1. The van der Waals surface area contributed by atoms with Gasteiger partial charge in [-0.05, 0) is 0 Å². The van der Waals surface area contributed by atoms with Crippen LogP contribution in [-0.2, 0) is 0 Å². The second-order valence-electron chi connectivity index (χ2n) is 3.72. The molecule has 0 atom stereocenters. The van der Waals surface area contributed by atoms with Crippen LogP contribution in [0, 0.1) is 0 Å². The van der Waals surface area contributed by atoms with E-state index < -0.39 is 42.0 Å². The molecule has 1 rings (SSSR count). The minimum absolute atomic E-state index is 0.124. The van der Waals surface area contributed by atoms with Gasteiger partial charge in [0.1, 0.15) is 0 Å². The third kappa shape index (κ3) is 3.06. The molecule has 0 saturated carbocycles. The highest BCUT2D eigenvalue weighted by molar-refractivity contribution is 6.04. The molecule has 0 aromatic carbocycles. The Balaban J connectivity index is 3.69. The summed E-state index contributed by atoms with van der Waals surface area (Å²) in [5, 5.41) is -0.124. The number of rotatable bonds is 0. The maximum absolute atomic E-state index is 12.5. The van der Waals surface area contributed by atoms with Crippen molar-refractivity contribution in [3.63, 3.8) is 0 Å². The van der Waals surface area contributed by atoms with E-state index in [1.54, 1.807) is 4.99 Å². The average molecular weight is 355 g/mol. The zero-order valence-electron chi connectivity index (χ0n) is 9.43. The molecule has 0 unspecified atom stereocenters. The topological polar surface area (TPSA) is 36.8 Å². The quantitative estimate of drug-likeness (QED) is 0.665. The molecule has 1 heterocycles. The Labute approximate surface area is 111 Å². The van der Waals surface area contributed by atoms with Gasteiger partial charge in [0.25, 0.3) is 0 Å². The van der Waals surface area contributed by atoms with Crippen LogP contribution in [0.25, 0.3) is 0 Å². The zero-order chi connectivity index (χ0) is 17.8. The molecule has 1 aliphatic rings. The lowest BCUT2D eigenvalue weighted by Crippen LogP contribution is -2.70. The van der Waals surface area contributed by atoms with E-state index in [4.69, 9.17) is 0 Å². The van der Waals surface area contributed by atoms with Gasteiger partial charge in [0, 0.05) is 0 Å². The predicted molar refractivity (Wildman–Crippen MR) is 45.0 cm³/mol. The molecule has 1 N–H and O–H groups in total. The van der Waals surface area contributed by atoms with Gasteiger partial charge in [0.15, 0.2) is 0 Å². The Bertz CT molecular complexity index is 487. The largest absolute Gasteiger partial charge is 0.451 e. The fourth-order valence-electron chi connectivity index (χ4n) is 1.21. The van der Waals surface area contributed by atoms with E-state index in [2.05, 4.69) is 0 Å². The van der Waals surface area contributed by atoms with E-state index in [9.17, 15) is 52.7 Å². The molecule has 0 saturated heterocycles. The number of nitrogens with one attached hydrogen (secondary N) is 1. The number of halogens is 12. The molecule has 0 amide bonds. The molecule has 3 nitrogen and oxygen atoms in total. The van der Waals surface area contributed by atoms with Crippen LogP contribution in [0.4, 0.5) is 52.7 Å². The zero-order valence-corrected chi connectivity index (χ0v) is 9.43. The molecule has 0 bridgehead atoms. The first kappa shape index (κ1) is 18.3. The summed E-state index contributed by atoms with van der Waals surface area (Å²) in [5.74, 6) is -6.34. The van der Waals surface area contributed by atoms with E-state index in [1.165, 1.54) is 4.99 Å². The van der Waals surface area contributed by atoms with Crippen molar-refractivity contribution in [1.29, 1.82) is 0 Å². The molecule has 128 valence electrons. The molecule has 0 aliphatic carbocycles. The first-order chi connectivity index (χ1) is 9.42. The Kier molecular flexibility index (Phi) is 3.87. The van der Waals surface area contributed by atoms with E-state index in [1.807, 2.05) is 0 Å². The summed E-state index contributed by atoms with van der Waals surface area (Å²) in [6.07, 6.45) is -25.4. The average Bonchev–Trinajstić information content (AvgIpc) is 2.22. The van der Waals surface area contributed by atoms with Crippen molar-refractivity contribution in [2.45, 2.75) is 30.4 Å². The summed E-state index contributed by atoms with van der Waals surface area (Å²) in [6, 6.07) is 0. The molecule has 0 aromatic heterocycles. The number of alkyl halides is 12. The monoisotopic (exact) mass is 355 g/mol. The summed E-state index contributed by atoms with van der Waals surface area (Å²) in [7, 11) is 0. The smallest absolute Gasteiger partial charge is 0.327 e. The molecule has 15 heteroatoms. The van der Waals surface area contributed by atoms with Crippen LogP contribution in [0.1, 0.15) is 0 Å². The molecule has 0 fully saturated rings. The number of hydrogen-bond acceptors (Lipinski definition) is 3. The normalized spacial score (nSPS) is 20.2. The maximum Gasteiger partial charge on any atom is 0.451 e. The van der Waals surface area contributed by atoms with Crippen molar-refractivity contribution in [3.8, 4) is 0 Å². The van der Waals surface area contributed by atoms with Gasteiger partial charge in [-0.2, -0.15) is 52.7 Å². The van der Waals surface area contributed by atoms with Crippen molar-refractivity contribution >= 4 is 11.7 Å². The number of aliphatic imine (C=N–C) groups is 2. The lowest BCUT2D eigenvalue weighted by Gasteiger charge is -2.38. The summed E-state index contributed by atoms with van der Waals surface area (Å²) in [5.41, 5.74) is -5.82. The van der Waals surface area contributed by atoms with Gasteiger partial charge in [-0.15, -0.1) is 0 Å². The van der Waals surface area contributed by atoms with Crippen molar-refractivity contribution < 1.29 is 52.7 Å². The van der Waals surface area contributed by atoms with E-state index in [0.717, 1.165) is 0 Å². The van der Waals surface area contributed by atoms with Gasteiger partial charge in [-0.1, -0.05) is 0 Å². The van der Waals surface area contributed by atoms with Crippen molar-refractivity contribution in [1.82, 2.24) is 5.32 Å². The molecule has 0 radical (unpaired) electrons. The van der Waals surface area contributed by atoms with Crippen LogP contribution in [-0.4, -0.2) is 42.0 Å².